The van der Waals surface area contributed by atoms with E-state index in [0.29, 0.717) is 0 Å². The molecule has 0 bridgehead atoms. The Morgan fingerprint density at radius 3 is 2.63 bits per heavy atom. The van der Waals surface area contributed by atoms with Gasteiger partial charge in [0.1, 0.15) is 11.4 Å². The number of fused-ring (bicyclic) bond motifs is 1. The molecular formula is C27H34N6O2. The highest BCUT2D eigenvalue weighted by atomic mass is 16.5. The van der Waals surface area contributed by atoms with Gasteiger partial charge in [-0.05, 0) is 55.6 Å². The van der Waals surface area contributed by atoms with Gasteiger partial charge in [0, 0.05) is 37.4 Å². The molecule has 1 spiro atoms. The standard InChI is InChI=1S/C27H34N6O2/c1-20(34)29-15-5-2-6-18-33-31-26(30-32-33)22-11-9-21(10-12-22)24-19-27(13-16-28-17-14-27)35-25-8-4-3-7-23(24)25/h3-4,7-12,19,28,32H,2,5-6,13-18H2,1H3,(H,29,34)(H,30,31). The molecule has 8 nitrogen and oxygen atoms in total. The summed E-state index contributed by atoms with van der Waals surface area (Å²) in [6.45, 7) is 5.01. The zero-order valence-corrected chi connectivity index (χ0v) is 20.3. The number of benzene rings is 2. The number of para-hydroxylation sites is 1. The van der Waals surface area contributed by atoms with Crippen molar-refractivity contribution >= 4 is 17.3 Å². The number of amidine groups is 1. The Labute approximate surface area is 206 Å². The number of piperidine rings is 1. The normalized spacial score (nSPS) is 18.3. The first-order valence-corrected chi connectivity index (χ1v) is 12.6. The Hall–Kier alpha value is -3.36. The highest BCUT2D eigenvalue weighted by Crippen LogP contribution is 2.42. The average molecular weight is 475 g/mol. The minimum absolute atomic E-state index is 0.0267. The Bertz CT molecular complexity index is 1100. The second-order valence-electron chi connectivity index (χ2n) is 9.40. The van der Waals surface area contributed by atoms with Crippen LogP contribution in [0.15, 0.2) is 59.7 Å². The van der Waals surface area contributed by atoms with E-state index in [2.05, 4.69) is 75.2 Å². The first-order chi connectivity index (χ1) is 17.1. The van der Waals surface area contributed by atoms with Crippen LogP contribution in [0.25, 0.3) is 5.57 Å². The molecule has 0 aromatic heterocycles. The van der Waals surface area contributed by atoms with Gasteiger partial charge in [0.15, 0.2) is 5.84 Å². The Balaban J connectivity index is 1.25. The van der Waals surface area contributed by atoms with Crippen molar-refractivity contribution in [1.29, 1.82) is 0 Å². The molecule has 3 aliphatic rings. The smallest absolute Gasteiger partial charge is 0.216 e. The third-order valence-electron chi connectivity index (χ3n) is 6.76. The number of carbonyl (C=O) groups excluding carboxylic acids is 1. The van der Waals surface area contributed by atoms with E-state index in [1.165, 1.54) is 11.1 Å². The van der Waals surface area contributed by atoms with Crippen molar-refractivity contribution in [2.45, 2.75) is 44.6 Å². The molecule has 0 atom stereocenters. The Morgan fingerprint density at radius 1 is 1.06 bits per heavy atom. The Kier molecular flexibility index (Phi) is 7.01. The number of rotatable bonds is 8. The van der Waals surface area contributed by atoms with Crippen molar-refractivity contribution in [3.05, 3.63) is 71.3 Å². The van der Waals surface area contributed by atoms with Crippen LogP contribution in [0.2, 0.25) is 0 Å². The van der Waals surface area contributed by atoms with E-state index in [-0.39, 0.29) is 11.5 Å². The average Bonchev–Trinajstić information content (AvgIpc) is 3.35. The number of nitrogens with one attached hydrogen (secondary N) is 4. The van der Waals surface area contributed by atoms with Crippen LogP contribution in [-0.2, 0) is 4.79 Å². The summed E-state index contributed by atoms with van der Waals surface area (Å²) >= 11 is 0. The third kappa shape index (κ3) is 5.49. The lowest BCUT2D eigenvalue weighted by atomic mass is 9.83. The summed E-state index contributed by atoms with van der Waals surface area (Å²) in [5, 5.41) is 12.8. The number of hydrogen-bond donors (Lipinski definition) is 4. The first kappa shape index (κ1) is 23.4. The largest absolute Gasteiger partial charge is 0.482 e. The predicted molar refractivity (Wildman–Crippen MR) is 137 cm³/mol. The van der Waals surface area contributed by atoms with Gasteiger partial charge in [-0.2, -0.15) is 0 Å². The van der Waals surface area contributed by atoms with Crippen molar-refractivity contribution in [1.82, 2.24) is 26.7 Å². The van der Waals surface area contributed by atoms with Gasteiger partial charge in [-0.15, -0.1) is 10.6 Å². The molecule has 3 aliphatic heterocycles. The number of hydrazine groups is 2. The van der Waals surface area contributed by atoms with Crippen LogP contribution in [-0.4, -0.2) is 48.6 Å². The second kappa shape index (κ2) is 10.5. The fourth-order valence-corrected chi connectivity index (χ4v) is 4.86. The van der Waals surface area contributed by atoms with Crippen molar-refractivity contribution in [3.63, 3.8) is 0 Å². The molecule has 0 saturated carbocycles. The number of carbonyl (C=O) groups is 1. The zero-order valence-electron chi connectivity index (χ0n) is 20.3. The van der Waals surface area contributed by atoms with Crippen molar-refractivity contribution in [2.75, 3.05) is 26.2 Å². The molecule has 0 unspecified atom stereocenters. The van der Waals surface area contributed by atoms with E-state index in [1.54, 1.807) is 6.92 Å². The lowest BCUT2D eigenvalue weighted by Crippen LogP contribution is -2.46. The van der Waals surface area contributed by atoms with Crippen molar-refractivity contribution < 1.29 is 9.53 Å². The number of hydrogen-bond acceptors (Lipinski definition) is 7. The number of unbranched alkanes of at least 4 members (excludes halogenated alkanes) is 2. The lowest BCUT2D eigenvalue weighted by Gasteiger charge is -2.40. The second-order valence-corrected chi connectivity index (χ2v) is 9.40. The van der Waals surface area contributed by atoms with Crippen LogP contribution in [0.5, 0.6) is 5.75 Å². The van der Waals surface area contributed by atoms with Gasteiger partial charge < -0.3 is 15.4 Å². The SMILES string of the molecule is CC(=O)NCCCCCN1N=C(c2ccc(C3=CC4(CCNCC4)Oc4ccccc43)cc2)NN1. The molecule has 35 heavy (non-hydrogen) atoms. The van der Waals surface area contributed by atoms with Crippen molar-refractivity contribution in [3.8, 4) is 5.75 Å². The Morgan fingerprint density at radius 2 is 1.83 bits per heavy atom. The number of amides is 1. The quantitative estimate of drug-likeness (QED) is 0.440. The highest BCUT2D eigenvalue weighted by Gasteiger charge is 2.36. The van der Waals surface area contributed by atoms with E-state index in [0.717, 1.165) is 81.0 Å². The van der Waals surface area contributed by atoms with E-state index in [9.17, 15) is 4.79 Å². The summed E-state index contributed by atoms with van der Waals surface area (Å²) < 4.78 is 6.52. The monoisotopic (exact) mass is 474 g/mol. The molecule has 0 aliphatic carbocycles. The summed E-state index contributed by atoms with van der Waals surface area (Å²) in [5.74, 6) is 1.81. The van der Waals surface area contributed by atoms with E-state index in [1.807, 2.05) is 11.2 Å². The van der Waals surface area contributed by atoms with Gasteiger partial charge in [-0.25, -0.2) is 5.12 Å². The summed E-state index contributed by atoms with van der Waals surface area (Å²) in [4.78, 5) is 10.9. The molecule has 184 valence electrons. The summed E-state index contributed by atoms with van der Waals surface area (Å²) in [6.07, 6.45) is 7.29. The molecule has 0 radical (unpaired) electrons. The highest BCUT2D eigenvalue weighted by molar-refractivity contribution is 5.99. The van der Waals surface area contributed by atoms with Crippen LogP contribution in [0.4, 0.5) is 0 Å². The van der Waals surface area contributed by atoms with Crippen LogP contribution >= 0.6 is 0 Å². The van der Waals surface area contributed by atoms with Gasteiger partial charge >= 0.3 is 0 Å². The molecular weight excluding hydrogens is 440 g/mol. The molecule has 1 saturated heterocycles. The molecule has 2 aromatic rings. The summed E-state index contributed by atoms with van der Waals surface area (Å²) in [5.41, 5.74) is 10.7. The first-order valence-electron chi connectivity index (χ1n) is 12.6. The summed E-state index contributed by atoms with van der Waals surface area (Å²) in [6, 6.07) is 16.9. The van der Waals surface area contributed by atoms with Crippen LogP contribution in [0.1, 0.15) is 55.7 Å². The molecule has 4 N–H and O–H groups in total. The summed E-state index contributed by atoms with van der Waals surface area (Å²) in [7, 11) is 0. The minimum atomic E-state index is -0.239. The molecule has 5 rings (SSSR count). The van der Waals surface area contributed by atoms with E-state index >= 15 is 0 Å². The topological polar surface area (TPSA) is 90.0 Å². The molecule has 1 fully saturated rings. The predicted octanol–water partition coefficient (Wildman–Crippen LogP) is 2.93. The molecule has 2 aromatic carbocycles. The van der Waals surface area contributed by atoms with E-state index < -0.39 is 0 Å². The third-order valence-corrected chi connectivity index (χ3v) is 6.76. The van der Waals surface area contributed by atoms with Gasteiger partial charge in [-0.3, -0.25) is 10.2 Å². The van der Waals surface area contributed by atoms with Gasteiger partial charge in [0.05, 0.1) is 6.54 Å². The van der Waals surface area contributed by atoms with Gasteiger partial charge in [0.2, 0.25) is 5.91 Å². The lowest BCUT2D eigenvalue weighted by molar-refractivity contribution is -0.118. The van der Waals surface area contributed by atoms with Crippen molar-refractivity contribution in [2.24, 2.45) is 5.10 Å². The number of nitrogens with zero attached hydrogens (tertiary/aromatic N) is 2. The molecule has 8 heteroatoms. The molecule has 1 amide bonds. The number of hydrazone groups is 1. The maximum absolute atomic E-state index is 10.9. The fourth-order valence-electron chi connectivity index (χ4n) is 4.86. The van der Waals surface area contributed by atoms with Crippen LogP contribution < -0.4 is 26.3 Å². The maximum atomic E-state index is 10.9. The van der Waals surface area contributed by atoms with Gasteiger partial charge in [0.25, 0.3) is 0 Å². The van der Waals surface area contributed by atoms with Crippen LogP contribution in [0, 0.1) is 0 Å². The van der Waals surface area contributed by atoms with Gasteiger partial charge in [-0.1, -0.05) is 42.5 Å². The van der Waals surface area contributed by atoms with Crippen LogP contribution in [0.3, 0.4) is 0 Å². The van der Waals surface area contributed by atoms with E-state index in [4.69, 9.17) is 4.74 Å². The maximum Gasteiger partial charge on any atom is 0.216 e. The zero-order chi connectivity index (χ0) is 24.1. The number of ether oxygens (including phenoxy) is 1. The minimum Gasteiger partial charge on any atom is -0.482 e. The fraction of sp³-hybridized carbons (Fsp3) is 0.407. The molecule has 3 heterocycles.